The Hall–Kier alpha value is -3.35. The van der Waals surface area contributed by atoms with Gasteiger partial charge in [0.25, 0.3) is 5.52 Å². The minimum Gasteiger partial charge on any atom is -0.710 e. The summed E-state index contributed by atoms with van der Waals surface area (Å²) in [5, 5.41) is 43.5. The highest BCUT2D eigenvalue weighted by Gasteiger charge is 2.28. The quantitative estimate of drug-likeness (QED) is 0.334. The number of nitriles is 1. The van der Waals surface area contributed by atoms with Gasteiger partial charge in [0.15, 0.2) is 6.07 Å². The molecule has 2 aromatic rings. The third-order valence-electron chi connectivity index (χ3n) is 2.68. The van der Waals surface area contributed by atoms with Crippen molar-refractivity contribution in [1.29, 1.82) is 5.26 Å². The Bertz CT molecular complexity index is 782. The van der Waals surface area contributed by atoms with Crippen LogP contribution >= 0.6 is 0 Å². The van der Waals surface area contributed by atoms with E-state index < -0.39 is 22.1 Å². The van der Waals surface area contributed by atoms with Gasteiger partial charge in [-0.15, -0.1) is 4.73 Å². The number of fused-ring (bicyclic) bond motifs is 1. The van der Waals surface area contributed by atoms with Gasteiger partial charge >= 0.3 is 17.2 Å². The van der Waals surface area contributed by atoms with E-state index in [2.05, 4.69) is 0 Å². The van der Waals surface area contributed by atoms with E-state index in [1.54, 1.807) is 0 Å². The Morgan fingerprint density at radius 1 is 1.35 bits per heavy atom. The topological polar surface area (TPSA) is 156 Å². The molecule has 1 heterocycles. The first kappa shape index (κ1) is 13.1. The molecule has 1 aromatic carbocycles. The standard InChI is InChI=1S/C10H7N5O5/c1-20-9-3-6-5(2-7(9)15(18)19)13(16)8(4-11)10(12)14(6)17/h2-3H,12H2,1H3. The molecule has 10 heteroatoms. The van der Waals surface area contributed by atoms with E-state index in [4.69, 9.17) is 15.7 Å². The van der Waals surface area contributed by atoms with E-state index in [0.29, 0.717) is 0 Å². The molecule has 0 saturated carbocycles. The summed E-state index contributed by atoms with van der Waals surface area (Å²) in [5.41, 5.74) is 3.66. The number of aromatic nitrogens is 2. The van der Waals surface area contributed by atoms with Crippen molar-refractivity contribution >= 4 is 22.5 Å². The zero-order valence-corrected chi connectivity index (χ0v) is 10.1. The molecule has 20 heavy (non-hydrogen) atoms. The molecule has 2 rings (SSSR count). The molecule has 0 fully saturated rings. The number of hydrogen-bond acceptors (Lipinski definition) is 7. The Kier molecular flexibility index (Phi) is 2.88. The Morgan fingerprint density at radius 3 is 2.45 bits per heavy atom. The maximum Gasteiger partial charge on any atom is 0.385 e. The molecule has 2 N–H and O–H groups in total. The SMILES string of the molecule is COc1cc2c(cc1[N+](=O)[O-])[n+]([O-])c(C#N)c(N)[n+]2[O-]. The second kappa shape index (κ2) is 4.39. The molecule has 0 atom stereocenters. The van der Waals surface area contributed by atoms with Gasteiger partial charge in [0.05, 0.1) is 18.1 Å². The molecular formula is C10H7N5O5. The van der Waals surface area contributed by atoms with E-state index in [9.17, 15) is 20.5 Å². The third kappa shape index (κ3) is 1.65. The van der Waals surface area contributed by atoms with Crippen molar-refractivity contribution in [1.82, 2.24) is 0 Å². The van der Waals surface area contributed by atoms with Gasteiger partial charge in [-0.25, -0.2) is 4.73 Å². The van der Waals surface area contributed by atoms with Gasteiger partial charge in [0, 0.05) is 6.07 Å². The van der Waals surface area contributed by atoms with Gasteiger partial charge in [-0.2, -0.15) is 5.26 Å². The number of nitro benzene ring substituents is 1. The van der Waals surface area contributed by atoms with Crippen molar-refractivity contribution < 1.29 is 19.1 Å². The first-order valence-electron chi connectivity index (χ1n) is 5.13. The predicted molar refractivity (Wildman–Crippen MR) is 64.2 cm³/mol. The van der Waals surface area contributed by atoms with Crippen LogP contribution in [0.3, 0.4) is 0 Å². The van der Waals surface area contributed by atoms with Crippen LogP contribution in [0.25, 0.3) is 11.0 Å². The zero-order chi connectivity index (χ0) is 15.0. The first-order chi connectivity index (χ1) is 9.42. The van der Waals surface area contributed by atoms with Crippen molar-refractivity contribution in [2.45, 2.75) is 0 Å². The number of methoxy groups -OCH3 is 1. The van der Waals surface area contributed by atoms with Gasteiger partial charge < -0.3 is 15.2 Å². The molecule has 0 aliphatic carbocycles. The molecule has 0 spiro atoms. The first-order valence-corrected chi connectivity index (χ1v) is 5.13. The molecule has 1 aromatic heterocycles. The van der Waals surface area contributed by atoms with Crippen molar-refractivity contribution in [2.75, 3.05) is 12.8 Å². The summed E-state index contributed by atoms with van der Waals surface area (Å²) in [6.45, 7) is 0. The summed E-state index contributed by atoms with van der Waals surface area (Å²) < 4.78 is 5.02. The molecule has 10 nitrogen and oxygen atoms in total. The van der Waals surface area contributed by atoms with E-state index >= 15 is 0 Å². The van der Waals surface area contributed by atoms with E-state index in [1.807, 2.05) is 0 Å². The Morgan fingerprint density at radius 2 is 1.95 bits per heavy atom. The van der Waals surface area contributed by atoms with Gasteiger partial charge in [0.1, 0.15) is 0 Å². The summed E-state index contributed by atoms with van der Waals surface area (Å²) in [6.07, 6.45) is 0. The minimum atomic E-state index is -0.768. The van der Waals surface area contributed by atoms with Crippen molar-refractivity contribution in [3.63, 3.8) is 0 Å². The number of nitrogens with two attached hydrogens (primary N) is 1. The molecule has 0 saturated heterocycles. The molecule has 0 unspecified atom stereocenters. The van der Waals surface area contributed by atoms with Gasteiger partial charge in [-0.3, -0.25) is 15.8 Å². The number of benzene rings is 1. The summed E-state index contributed by atoms with van der Waals surface area (Å²) in [6, 6.07) is 3.35. The van der Waals surface area contributed by atoms with Crippen LogP contribution in [0.2, 0.25) is 0 Å². The molecule has 0 aliphatic rings. The highest BCUT2D eigenvalue weighted by Crippen LogP contribution is 2.29. The summed E-state index contributed by atoms with van der Waals surface area (Å²) in [7, 11) is 1.18. The number of ether oxygens (including phenoxy) is 1. The zero-order valence-electron chi connectivity index (χ0n) is 10.1. The average molecular weight is 277 g/mol. The predicted octanol–water partition coefficient (Wildman–Crippen LogP) is -0.523. The molecule has 0 amide bonds. The molecular weight excluding hydrogens is 270 g/mol. The Labute approximate surface area is 111 Å². The number of nitrogen functional groups attached to an aromatic ring is 1. The van der Waals surface area contributed by atoms with Crippen molar-refractivity contribution in [3.05, 3.63) is 38.4 Å². The van der Waals surface area contributed by atoms with Crippen LogP contribution < -0.4 is 19.9 Å². The number of hydrogen-bond donors (Lipinski definition) is 1. The monoisotopic (exact) mass is 277 g/mol. The van der Waals surface area contributed by atoms with E-state index in [1.165, 1.54) is 13.2 Å². The van der Waals surface area contributed by atoms with E-state index in [-0.39, 0.29) is 26.2 Å². The molecule has 102 valence electrons. The Balaban J connectivity index is 3.01. The van der Waals surface area contributed by atoms with Gasteiger partial charge in [-0.05, 0) is 0 Å². The number of rotatable bonds is 2. The van der Waals surface area contributed by atoms with Crippen LogP contribution in [0, 0.1) is 31.9 Å². The number of anilines is 1. The fourth-order valence-corrected chi connectivity index (χ4v) is 1.73. The summed E-state index contributed by atoms with van der Waals surface area (Å²) in [5.74, 6) is -0.790. The second-order valence-corrected chi connectivity index (χ2v) is 3.70. The highest BCUT2D eigenvalue weighted by atomic mass is 16.6. The van der Waals surface area contributed by atoms with Crippen LogP contribution in [-0.4, -0.2) is 12.0 Å². The van der Waals surface area contributed by atoms with Crippen LogP contribution in [-0.2, 0) is 0 Å². The fourth-order valence-electron chi connectivity index (χ4n) is 1.73. The van der Waals surface area contributed by atoms with Crippen LogP contribution in [0.15, 0.2) is 12.1 Å². The maximum absolute atomic E-state index is 11.9. The van der Waals surface area contributed by atoms with Gasteiger partial charge in [0.2, 0.25) is 11.3 Å². The van der Waals surface area contributed by atoms with Crippen LogP contribution in [0.5, 0.6) is 5.75 Å². The normalized spacial score (nSPS) is 10.2. The summed E-state index contributed by atoms with van der Waals surface area (Å²) >= 11 is 0. The smallest absolute Gasteiger partial charge is 0.385 e. The minimum absolute atomic E-state index is 0.0749. The number of nitrogens with zero attached hydrogens (tertiary/aromatic N) is 4. The third-order valence-corrected chi connectivity index (χ3v) is 2.68. The lowest BCUT2D eigenvalue weighted by Gasteiger charge is -2.11. The lowest BCUT2D eigenvalue weighted by atomic mass is 10.2. The highest BCUT2D eigenvalue weighted by molar-refractivity contribution is 5.76. The van der Waals surface area contributed by atoms with Crippen molar-refractivity contribution in [3.8, 4) is 11.8 Å². The van der Waals surface area contributed by atoms with Gasteiger partial charge in [-0.1, -0.05) is 0 Å². The average Bonchev–Trinajstić information content (AvgIpc) is 2.44. The van der Waals surface area contributed by atoms with Crippen LogP contribution in [0.4, 0.5) is 11.5 Å². The largest absolute Gasteiger partial charge is 0.710 e. The molecule has 0 bridgehead atoms. The fraction of sp³-hybridized carbons (Fsp3) is 0.100. The molecule has 0 aliphatic heterocycles. The van der Waals surface area contributed by atoms with Crippen LogP contribution in [0.1, 0.15) is 5.69 Å². The van der Waals surface area contributed by atoms with Crippen molar-refractivity contribution in [2.24, 2.45) is 0 Å². The number of nitro groups is 1. The summed E-state index contributed by atoms with van der Waals surface area (Å²) in [4.78, 5) is 10.1. The van der Waals surface area contributed by atoms with E-state index in [0.717, 1.165) is 12.1 Å². The lowest BCUT2D eigenvalue weighted by molar-refractivity contribution is -0.620. The maximum atomic E-state index is 11.9. The second-order valence-electron chi connectivity index (χ2n) is 3.70. The lowest BCUT2D eigenvalue weighted by Crippen LogP contribution is -2.43. The molecule has 0 radical (unpaired) electrons.